The lowest BCUT2D eigenvalue weighted by Gasteiger charge is -1.95. The topological polar surface area (TPSA) is 40.9 Å². The van der Waals surface area contributed by atoms with Gasteiger partial charge in [0.25, 0.3) is 0 Å². The predicted molar refractivity (Wildman–Crippen MR) is 58.4 cm³/mol. The molecule has 0 spiro atoms. The van der Waals surface area contributed by atoms with Crippen molar-refractivity contribution in [2.75, 3.05) is 0 Å². The summed E-state index contributed by atoms with van der Waals surface area (Å²) in [5.41, 5.74) is 0.594. The molecule has 4 heteroatoms. The second-order valence-corrected chi connectivity index (χ2v) is 5.91. The van der Waals surface area contributed by atoms with Crippen molar-refractivity contribution in [3.63, 3.8) is 0 Å². The van der Waals surface area contributed by atoms with E-state index in [1.807, 2.05) is 0 Å². The molecule has 1 aliphatic carbocycles. The number of thiophene rings is 1. The number of hydrogen-bond acceptors (Lipinski definition) is 3. The molecule has 1 fully saturated rings. The van der Waals surface area contributed by atoms with Crippen LogP contribution in [0.15, 0.2) is 9.85 Å². The van der Waals surface area contributed by atoms with Crippen molar-refractivity contribution >= 4 is 33.0 Å². The minimum atomic E-state index is 0.117. The number of ketones is 1. The summed E-state index contributed by atoms with van der Waals surface area (Å²) in [6.07, 6.45) is 2.94. The fourth-order valence-electron chi connectivity index (χ4n) is 1.35. The van der Waals surface area contributed by atoms with Gasteiger partial charge in [0.2, 0.25) is 0 Å². The Morgan fingerprint density at radius 1 is 1.71 bits per heavy atom. The van der Waals surface area contributed by atoms with E-state index in [-0.39, 0.29) is 5.78 Å². The van der Waals surface area contributed by atoms with Crippen molar-refractivity contribution in [1.29, 1.82) is 5.26 Å². The van der Waals surface area contributed by atoms with Crippen molar-refractivity contribution in [2.45, 2.75) is 19.3 Å². The van der Waals surface area contributed by atoms with Crippen LogP contribution in [0.2, 0.25) is 0 Å². The van der Waals surface area contributed by atoms with Crippen LogP contribution in [0.3, 0.4) is 0 Å². The summed E-state index contributed by atoms with van der Waals surface area (Å²) in [5.74, 6) is 0.693. The molecule has 0 N–H and O–H groups in total. The maximum absolute atomic E-state index is 11.7. The second kappa shape index (κ2) is 3.84. The second-order valence-electron chi connectivity index (χ2n) is 3.48. The minimum Gasteiger partial charge on any atom is -0.294 e. The molecule has 1 aliphatic rings. The highest BCUT2D eigenvalue weighted by Crippen LogP contribution is 2.35. The van der Waals surface area contributed by atoms with Crippen LogP contribution >= 0.6 is 27.3 Å². The van der Waals surface area contributed by atoms with Crippen LogP contribution in [0.1, 0.15) is 34.5 Å². The number of halogens is 1. The highest BCUT2D eigenvalue weighted by Gasteiger charge is 2.26. The summed E-state index contributed by atoms with van der Waals surface area (Å²) in [4.78, 5) is 12.3. The number of carbonyl (C=O) groups is 1. The molecule has 0 atom stereocenters. The van der Waals surface area contributed by atoms with Crippen molar-refractivity contribution < 1.29 is 4.79 Å². The quantitative estimate of drug-likeness (QED) is 0.790. The van der Waals surface area contributed by atoms with Crippen LogP contribution in [0, 0.1) is 17.2 Å². The van der Waals surface area contributed by atoms with E-state index in [0.717, 1.165) is 3.79 Å². The van der Waals surface area contributed by atoms with Gasteiger partial charge in [0.05, 0.1) is 3.79 Å². The van der Waals surface area contributed by atoms with Crippen LogP contribution in [0.4, 0.5) is 0 Å². The van der Waals surface area contributed by atoms with Crippen molar-refractivity contribution in [1.82, 2.24) is 0 Å². The molecule has 14 heavy (non-hydrogen) atoms. The van der Waals surface area contributed by atoms with Gasteiger partial charge in [-0.05, 0) is 40.8 Å². The van der Waals surface area contributed by atoms with Gasteiger partial charge in [-0.2, -0.15) is 5.26 Å². The third-order valence-electron chi connectivity index (χ3n) is 2.27. The average molecular weight is 270 g/mol. The van der Waals surface area contributed by atoms with Crippen LogP contribution < -0.4 is 0 Å². The zero-order valence-electron chi connectivity index (χ0n) is 7.42. The maximum atomic E-state index is 11.7. The van der Waals surface area contributed by atoms with E-state index in [1.54, 1.807) is 6.07 Å². The van der Waals surface area contributed by atoms with Crippen LogP contribution in [0.25, 0.3) is 0 Å². The van der Waals surface area contributed by atoms with Crippen LogP contribution in [0.5, 0.6) is 0 Å². The zero-order chi connectivity index (χ0) is 10.1. The van der Waals surface area contributed by atoms with E-state index in [4.69, 9.17) is 5.26 Å². The highest BCUT2D eigenvalue weighted by molar-refractivity contribution is 9.11. The summed E-state index contributed by atoms with van der Waals surface area (Å²) in [5, 5.41) is 8.82. The monoisotopic (exact) mass is 269 g/mol. The molecule has 0 aromatic carbocycles. The van der Waals surface area contributed by atoms with Crippen LogP contribution in [-0.4, -0.2) is 5.78 Å². The normalized spacial score (nSPS) is 15.1. The maximum Gasteiger partial charge on any atom is 0.165 e. The van der Waals surface area contributed by atoms with E-state index in [2.05, 4.69) is 22.0 Å². The first-order valence-corrected chi connectivity index (χ1v) is 6.04. The number of nitrogens with zero attached hydrogens (tertiary/aromatic N) is 1. The van der Waals surface area contributed by atoms with Gasteiger partial charge in [-0.3, -0.25) is 4.79 Å². The molecule has 1 aromatic rings. The summed E-state index contributed by atoms with van der Waals surface area (Å²) < 4.78 is 0.855. The Kier molecular flexibility index (Phi) is 2.71. The minimum absolute atomic E-state index is 0.117. The summed E-state index contributed by atoms with van der Waals surface area (Å²) in [7, 11) is 0. The fraction of sp³-hybridized carbons (Fsp3) is 0.400. The fourth-order valence-corrected chi connectivity index (χ4v) is 2.76. The molecule has 0 saturated heterocycles. The summed E-state index contributed by atoms with van der Waals surface area (Å²) >= 11 is 4.61. The van der Waals surface area contributed by atoms with Gasteiger partial charge in [0.1, 0.15) is 10.9 Å². The lowest BCUT2D eigenvalue weighted by atomic mass is 10.1. The summed E-state index contributed by atoms with van der Waals surface area (Å²) in [6, 6.07) is 3.82. The number of carbonyl (C=O) groups excluding carboxylic acids is 1. The van der Waals surface area contributed by atoms with Gasteiger partial charge in [0.15, 0.2) is 5.78 Å². The highest BCUT2D eigenvalue weighted by atomic mass is 79.9. The van der Waals surface area contributed by atoms with Crippen molar-refractivity contribution in [3.8, 4) is 6.07 Å². The Morgan fingerprint density at radius 2 is 2.43 bits per heavy atom. The molecule has 2 rings (SSSR count). The third kappa shape index (κ3) is 2.05. The Morgan fingerprint density at radius 3 is 3.00 bits per heavy atom. The lowest BCUT2D eigenvalue weighted by molar-refractivity contribution is 0.0976. The Labute approximate surface area is 94.7 Å². The van der Waals surface area contributed by atoms with Gasteiger partial charge in [-0.1, -0.05) is 0 Å². The first-order valence-electron chi connectivity index (χ1n) is 4.43. The van der Waals surface area contributed by atoms with Crippen molar-refractivity contribution in [2.24, 2.45) is 5.92 Å². The lowest BCUT2D eigenvalue weighted by Crippen LogP contribution is -1.99. The molecule has 0 unspecified atom stereocenters. The predicted octanol–water partition coefficient (Wildman–Crippen LogP) is 3.37. The molecule has 1 heterocycles. The average Bonchev–Trinajstić information content (AvgIpc) is 2.87. The molecule has 0 radical (unpaired) electrons. The van der Waals surface area contributed by atoms with E-state index < -0.39 is 0 Å². The Hall–Kier alpha value is -0.660. The molecular formula is C10H8BrNOS. The van der Waals surface area contributed by atoms with Gasteiger partial charge in [-0.15, -0.1) is 11.3 Å². The number of rotatable bonds is 3. The van der Waals surface area contributed by atoms with Crippen LogP contribution in [-0.2, 0) is 0 Å². The van der Waals surface area contributed by atoms with E-state index >= 15 is 0 Å². The molecule has 0 bridgehead atoms. The SMILES string of the molecule is N#Cc1sc(Br)cc1C(=O)CC1CC1. The van der Waals surface area contributed by atoms with Gasteiger partial charge < -0.3 is 0 Å². The number of hydrogen-bond donors (Lipinski definition) is 0. The molecule has 1 aromatic heterocycles. The molecule has 0 aliphatic heterocycles. The molecule has 1 saturated carbocycles. The summed E-state index contributed by atoms with van der Waals surface area (Å²) in [6.45, 7) is 0. The first kappa shape index (κ1) is 9.88. The number of nitriles is 1. The molecule has 72 valence electrons. The van der Waals surface area contributed by atoms with E-state index in [1.165, 1.54) is 24.2 Å². The smallest absolute Gasteiger partial charge is 0.165 e. The van der Waals surface area contributed by atoms with Gasteiger partial charge in [-0.25, -0.2) is 0 Å². The number of Topliss-reactive ketones (excluding diaryl/α,β-unsaturated/α-hetero) is 1. The molecule has 0 amide bonds. The van der Waals surface area contributed by atoms with E-state index in [0.29, 0.717) is 22.8 Å². The molecule has 2 nitrogen and oxygen atoms in total. The van der Waals surface area contributed by atoms with Gasteiger partial charge >= 0.3 is 0 Å². The van der Waals surface area contributed by atoms with Gasteiger partial charge in [0, 0.05) is 12.0 Å². The first-order chi connectivity index (χ1) is 6.70. The third-order valence-corrected chi connectivity index (χ3v) is 3.82. The zero-order valence-corrected chi connectivity index (χ0v) is 9.82. The largest absolute Gasteiger partial charge is 0.294 e. The Balaban J connectivity index is 2.21. The molecular weight excluding hydrogens is 262 g/mol. The van der Waals surface area contributed by atoms with Crippen molar-refractivity contribution in [3.05, 3.63) is 20.3 Å². The standard InChI is InChI=1S/C10H8BrNOS/c11-10-4-7(9(5-12)14-10)8(13)3-6-1-2-6/h4,6H,1-3H2. The van der Waals surface area contributed by atoms with E-state index in [9.17, 15) is 4.79 Å². The Bertz CT molecular complexity index is 414.